The summed E-state index contributed by atoms with van der Waals surface area (Å²) in [6.07, 6.45) is 4.41. The number of aryl methyl sites for hydroxylation is 1. The molecule has 1 heterocycles. The summed E-state index contributed by atoms with van der Waals surface area (Å²) in [7, 11) is 0. The molecular formula is C17H22N2O4. The van der Waals surface area contributed by atoms with Crippen molar-refractivity contribution >= 4 is 23.5 Å². The maximum absolute atomic E-state index is 12.1. The summed E-state index contributed by atoms with van der Waals surface area (Å²) in [5.74, 6) is -1.33. The van der Waals surface area contributed by atoms with Gasteiger partial charge in [0.1, 0.15) is 0 Å². The van der Waals surface area contributed by atoms with Crippen molar-refractivity contribution in [2.45, 2.75) is 39.0 Å². The summed E-state index contributed by atoms with van der Waals surface area (Å²) in [5.41, 5.74) is 1.22. The van der Waals surface area contributed by atoms with Crippen LogP contribution in [0, 0.1) is 6.92 Å². The van der Waals surface area contributed by atoms with Crippen LogP contribution in [0.3, 0.4) is 0 Å². The predicted octanol–water partition coefficient (Wildman–Crippen LogP) is 2.42. The van der Waals surface area contributed by atoms with Crippen LogP contribution in [0.5, 0.6) is 0 Å². The lowest BCUT2D eigenvalue weighted by Gasteiger charge is -2.24. The van der Waals surface area contributed by atoms with E-state index in [0.29, 0.717) is 24.2 Å². The highest BCUT2D eigenvalue weighted by atomic mass is 16.4. The van der Waals surface area contributed by atoms with E-state index in [-0.39, 0.29) is 23.9 Å². The molecule has 0 bridgehead atoms. The Labute approximate surface area is 135 Å². The van der Waals surface area contributed by atoms with Gasteiger partial charge < -0.3 is 15.3 Å². The van der Waals surface area contributed by atoms with Crippen LogP contribution in [0.2, 0.25) is 0 Å². The molecule has 0 aliphatic carbocycles. The molecule has 0 atom stereocenters. The van der Waals surface area contributed by atoms with Crippen molar-refractivity contribution < 1.29 is 19.5 Å². The van der Waals surface area contributed by atoms with Crippen molar-refractivity contribution in [1.29, 1.82) is 0 Å². The van der Waals surface area contributed by atoms with Gasteiger partial charge in [0.2, 0.25) is 11.8 Å². The molecule has 0 saturated carbocycles. The minimum Gasteiger partial charge on any atom is -0.478 e. The second kappa shape index (κ2) is 7.76. The van der Waals surface area contributed by atoms with E-state index in [1.807, 2.05) is 0 Å². The number of carboxylic acid groups (broad SMARTS) is 1. The van der Waals surface area contributed by atoms with E-state index >= 15 is 0 Å². The van der Waals surface area contributed by atoms with Crippen molar-refractivity contribution in [3.05, 3.63) is 29.3 Å². The van der Waals surface area contributed by atoms with Crippen LogP contribution in [-0.2, 0) is 9.59 Å². The molecule has 1 aromatic carbocycles. The number of nitrogens with one attached hydrogen (secondary N) is 1. The molecule has 0 unspecified atom stereocenters. The Morgan fingerprint density at radius 1 is 1.22 bits per heavy atom. The zero-order chi connectivity index (χ0) is 16.8. The van der Waals surface area contributed by atoms with E-state index in [9.17, 15) is 14.4 Å². The third-order valence-electron chi connectivity index (χ3n) is 4.01. The summed E-state index contributed by atoms with van der Waals surface area (Å²) < 4.78 is 0. The molecule has 1 fully saturated rings. The Balaban J connectivity index is 1.99. The van der Waals surface area contributed by atoms with E-state index < -0.39 is 5.97 Å². The monoisotopic (exact) mass is 318 g/mol. The first kappa shape index (κ1) is 17.0. The van der Waals surface area contributed by atoms with Crippen molar-refractivity contribution in [2.24, 2.45) is 0 Å². The molecule has 0 spiro atoms. The topological polar surface area (TPSA) is 86.7 Å². The number of nitrogens with zero attached hydrogens (tertiary/aromatic N) is 1. The second-order valence-corrected chi connectivity index (χ2v) is 5.86. The van der Waals surface area contributed by atoms with Gasteiger partial charge in [-0.25, -0.2) is 4.79 Å². The molecule has 1 aromatic rings. The number of benzene rings is 1. The number of carboxylic acids is 1. The molecule has 0 aromatic heterocycles. The number of amides is 2. The number of carbonyl (C=O) groups is 3. The lowest BCUT2D eigenvalue weighted by molar-refractivity contribution is -0.135. The van der Waals surface area contributed by atoms with Crippen LogP contribution in [0.25, 0.3) is 0 Å². The van der Waals surface area contributed by atoms with E-state index in [1.165, 1.54) is 6.07 Å². The first-order chi connectivity index (χ1) is 11.0. The molecule has 6 heteroatoms. The first-order valence-corrected chi connectivity index (χ1v) is 7.89. The fourth-order valence-corrected chi connectivity index (χ4v) is 2.69. The van der Waals surface area contributed by atoms with Gasteiger partial charge in [-0.2, -0.15) is 0 Å². The SMILES string of the molecule is Cc1ccc(NC(=O)CN2CCCCCCC2=O)cc1C(=O)O. The maximum Gasteiger partial charge on any atom is 0.336 e. The van der Waals surface area contributed by atoms with Crippen LogP contribution >= 0.6 is 0 Å². The Morgan fingerprint density at radius 2 is 1.96 bits per heavy atom. The Bertz CT molecular complexity index is 613. The Hall–Kier alpha value is -2.37. The van der Waals surface area contributed by atoms with Gasteiger partial charge in [-0.1, -0.05) is 18.9 Å². The van der Waals surface area contributed by atoms with Gasteiger partial charge in [-0.15, -0.1) is 0 Å². The summed E-state index contributed by atoms with van der Waals surface area (Å²) in [5, 5.41) is 11.8. The largest absolute Gasteiger partial charge is 0.478 e. The maximum atomic E-state index is 12.1. The van der Waals surface area contributed by atoms with Crippen LogP contribution in [0.1, 0.15) is 48.0 Å². The highest BCUT2D eigenvalue weighted by molar-refractivity contribution is 5.96. The molecule has 1 aliphatic heterocycles. The van der Waals surface area contributed by atoms with Crippen molar-refractivity contribution in [3.63, 3.8) is 0 Å². The quantitative estimate of drug-likeness (QED) is 0.892. The van der Waals surface area contributed by atoms with Gasteiger partial charge >= 0.3 is 5.97 Å². The number of likely N-dealkylation sites (tertiary alicyclic amines) is 1. The molecule has 2 N–H and O–H groups in total. The smallest absolute Gasteiger partial charge is 0.336 e. The highest BCUT2D eigenvalue weighted by Crippen LogP contribution is 2.16. The van der Waals surface area contributed by atoms with Crippen LogP contribution < -0.4 is 5.32 Å². The molecular weight excluding hydrogens is 296 g/mol. The summed E-state index contributed by atoms with van der Waals surface area (Å²) in [4.78, 5) is 36.9. The third kappa shape index (κ3) is 4.81. The zero-order valence-electron chi connectivity index (χ0n) is 13.3. The fraction of sp³-hybridized carbons (Fsp3) is 0.471. The highest BCUT2D eigenvalue weighted by Gasteiger charge is 2.18. The van der Waals surface area contributed by atoms with Crippen molar-refractivity contribution in [3.8, 4) is 0 Å². The average Bonchev–Trinajstić information content (AvgIpc) is 2.48. The number of rotatable bonds is 4. The van der Waals surface area contributed by atoms with E-state index in [2.05, 4.69) is 5.32 Å². The van der Waals surface area contributed by atoms with E-state index in [1.54, 1.807) is 24.0 Å². The Kier molecular flexibility index (Phi) is 5.73. The fourth-order valence-electron chi connectivity index (χ4n) is 2.69. The van der Waals surface area contributed by atoms with Gasteiger partial charge in [0.15, 0.2) is 0 Å². The molecule has 6 nitrogen and oxygen atoms in total. The molecule has 1 aliphatic rings. The number of aromatic carboxylic acids is 1. The number of hydrogen-bond acceptors (Lipinski definition) is 3. The van der Waals surface area contributed by atoms with Crippen molar-refractivity contribution in [2.75, 3.05) is 18.4 Å². The van der Waals surface area contributed by atoms with Gasteiger partial charge in [0.25, 0.3) is 0 Å². The minimum absolute atomic E-state index is 0.00904. The Morgan fingerprint density at radius 3 is 2.70 bits per heavy atom. The second-order valence-electron chi connectivity index (χ2n) is 5.86. The van der Waals surface area contributed by atoms with Gasteiger partial charge in [-0.05, 0) is 37.5 Å². The average molecular weight is 318 g/mol. The van der Waals surface area contributed by atoms with Gasteiger partial charge in [0, 0.05) is 18.7 Å². The summed E-state index contributed by atoms with van der Waals surface area (Å²) >= 11 is 0. The van der Waals surface area contributed by atoms with Crippen LogP contribution in [0.15, 0.2) is 18.2 Å². The summed E-state index contributed by atoms with van der Waals surface area (Å²) in [6, 6.07) is 4.75. The summed E-state index contributed by atoms with van der Waals surface area (Å²) in [6.45, 7) is 2.31. The molecule has 23 heavy (non-hydrogen) atoms. The lowest BCUT2D eigenvalue weighted by Crippen LogP contribution is -2.39. The van der Waals surface area contributed by atoms with Gasteiger partial charge in [-0.3, -0.25) is 9.59 Å². The predicted molar refractivity (Wildman–Crippen MR) is 86.4 cm³/mol. The lowest BCUT2D eigenvalue weighted by atomic mass is 10.1. The zero-order valence-corrected chi connectivity index (χ0v) is 13.3. The molecule has 2 amide bonds. The first-order valence-electron chi connectivity index (χ1n) is 7.89. The van der Waals surface area contributed by atoms with E-state index in [0.717, 1.165) is 25.7 Å². The molecule has 0 radical (unpaired) electrons. The van der Waals surface area contributed by atoms with Crippen LogP contribution in [0.4, 0.5) is 5.69 Å². The number of anilines is 1. The van der Waals surface area contributed by atoms with E-state index in [4.69, 9.17) is 5.11 Å². The minimum atomic E-state index is -1.03. The van der Waals surface area contributed by atoms with Gasteiger partial charge in [0.05, 0.1) is 12.1 Å². The standard InChI is InChI=1S/C17H22N2O4/c1-12-7-8-13(10-14(12)17(22)23)18-15(20)11-19-9-5-3-2-4-6-16(19)21/h7-8,10H,2-6,9,11H2,1H3,(H,18,20)(H,22,23). The molecule has 1 saturated heterocycles. The van der Waals surface area contributed by atoms with Crippen molar-refractivity contribution in [1.82, 2.24) is 4.90 Å². The number of carbonyl (C=O) groups excluding carboxylic acids is 2. The van der Waals surface area contributed by atoms with Crippen LogP contribution in [-0.4, -0.2) is 40.9 Å². The molecule has 124 valence electrons. The third-order valence-corrected chi connectivity index (χ3v) is 4.01. The normalized spacial score (nSPS) is 15.7. The number of hydrogen-bond donors (Lipinski definition) is 2. The molecule has 2 rings (SSSR count).